The van der Waals surface area contributed by atoms with Gasteiger partial charge in [-0.3, -0.25) is 9.69 Å². The van der Waals surface area contributed by atoms with Crippen LogP contribution in [-0.4, -0.2) is 54.5 Å². The van der Waals surface area contributed by atoms with Gasteiger partial charge in [-0.05, 0) is 64.5 Å². The Morgan fingerprint density at radius 3 is 2.55 bits per heavy atom. The monoisotopic (exact) mass is 303 g/mol. The predicted octanol–water partition coefficient (Wildman–Crippen LogP) is 1.87. The lowest BCUT2D eigenvalue weighted by Gasteiger charge is -2.38. The van der Waals surface area contributed by atoms with Gasteiger partial charge in [0.05, 0.1) is 6.04 Å². The second-order valence-electron chi connectivity index (χ2n) is 6.14. The van der Waals surface area contributed by atoms with E-state index in [2.05, 4.69) is 16.7 Å². The summed E-state index contributed by atoms with van der Waals surface area (Å²) in [5, 5.41) is 0. The first-order valence-electron chi connectivity index (χ1n) is 7.95. The highest BCUT2D eigenvalue weighted by atomic mass is 35.5. The molecule has 0 aromatic rings. The topological polar surface area (TPSA) is 49.6 Å². The van der Waals surface area contributed by atoms with Gasteiger partial charge in [0.25, 0.3) is 0 Å². The molecule has 0 aliphatic carbocycles. The van der Waals surface area contributed by atoms with Gasteiger partial charge in [-0.25, -0.2) is 0 Å². The van der Waals surface area contributed by atoms with Crippen LogP contribution in [0, 0.1) is 5.92 Å². The first kappa shape index (κ1) is 17.7. The Labute approximate surface area is 129 Å². The highest BCUT2D eigenvalue weighted by Gasteiger charge is 2.30. The number of nitrogens with zero attached hydrogens (tertiary/aromatic N) is 2. The number of hydrogen-bond acceptors (Lipinski definition) is 3. The summed E-state index contributed by atoms with van der Waals surface area (Å²) in [4.78, 5) is 17.0. The molecule has 0 aromatic carbocycles. The molecular formula is C15H30ClN3O. The van der Waals surface area contributed by atoms with Crippen LogP contribution in [0.3, 0.4) is 0 Å². The fourth-order valence-corrected chi connectivity index (χ4v) is 3.46. The molecule has 118 valence electrons. The Balaban J connectivity index is 0.00000200. The van der Waals surface area contributed by atoms with Gasteiger partial charge in [0, 0.05) is 19.6 Å². The van der Waals surface area contributed by atoms with Crippen LogP contribution in [0.1, 0.15) is 45.4 Å². The summed E-state index contributed by atoms with van der Waals surface area (Å²) >= 11 is 0. The summed E-state index contributed by atoms with van der Waals surface area (Å²) in [5.41, 5.74) is 5.66. The third-order valence-corrected chi connectivity index (χ3v) is 4.70. The van der Waals surface area contributed by atoms with Gasteiger partial charge in [-0.1, -0.05) is 0 Å². The standard InChI is InChI=1S/C15H29N3O.ClH/c1-13(15(19)17-9-3-2-4-10-17)18-11-5-6-14(12-18)7-8-16;/h13-14H,2-12,16H2,1H3;1H. The van der Waals surface area contributed by atoms with Gasteiger partial charge in [-0.2, -0.15) is 0 Å². The first-order valence-corrected chi connectivity index (χ1v) is 7.95. The molecule has 2 aliphatic heterocycles. The summed E-state index contributed by atoms with van der Waals surface area (Å²) in [6, 6.07) is 0.0543. The van der Waals surface area contributed by atoms with Crippen LogP contribution >= 0.6 is 12.4 Å². The molecule has 2 aliphatic rings. The Kier molecular flexibility index (Phi) is 7.85. The van der Waals surface area contributed by atoms with E-state index in [0.717, 1.165) is 39.1 Å². The average molecular weight is 304 g/mol. The number of nitrogens with two attached hydrogens (primary N) is 1. The first-order chi connectivity index (χ1) is 9.22. The van der Waals surface area contributed by atoms with Crippen LogP contribution < -0.4 is 5.73 Å². The summed E-state index contributed by atoms with van der Waals surface area (Å²) in [5.74, 6) is 1.03. The number of piperidine rings is 2. The maximum absolute atomic E-state index is 12.5. The second-order valence-corrected chi connectivity index (χ2v) is 6.14. The van der Waals surface area contributed by atoms with Gasteiger partial charge in [0.2, 0.25) is 5.91 Å². The van der Waals surface area contributed by atoms with E-state index in [4.69, 9.17) is 5.73 Å². The van der Waals surface area contributed by atoms with E-state index in [0.29, 0.717) is 11.8 Å². The highest BCUT2D eigenvalue weighted by molar-refractivity contribution is 5.85. The molecule has 5 heteroatoms. The molecule has 20 heavy (non-hydrogen) atoms. The van der Waals surface area contributed by atoms with Crippen molar-refractivity contribution in [2.24, 2.45) is 11.7 Å². The summed E-state index contributed by atoms with van der Waals surface area (Å²) in [6.07, 6.45) is 7.21. The van der Waals surface area contributed by atoms with Gasteiger partial charge in [0.1, 0.15) is 0 Å². The van der Waals surface area contributed by atoms with Crippen molar-refractivity contribution in [1.82, 2.24) is 9.80 Å². The van der Waals surface area contributed by atoms with Crippen LogP contribution in [0.15, 0.2) is 0 Å². The molecule has 0 spiro atoms. The summed E-state index contributed by atoms with van der Waals surface area (Å²) in [7, 11) is 0. The minimum absolute atomic E-state index is 0. The van der Waals surface area contributed by atoms with Gasteiger partial charge in [0.15, 0.2) is 0 Å². The number of amides is 1. The molecule has 2 N–H and O–H groups in total. The van der Waals surface area contributed by atoms with Crippen LogP contribution in [-0.2, 0) is 4.79 Å². The van der Waals surface area contributed by atoms with Gasteiger partial charge >= 0.3 is 0 Å². The Hall–Kier alpha value is -0.320. The third kappa shape index (κ3) is 4.61. The minimum atomic E-state index is 0. The molecule has 0 aromatic heterocycles. The molecule has 0 radical (unpaired) electrons. The van der Waals surface area contributed by atoms with E-state index in [1.165, 1.54) is 32.1 Å². The number of carbonyl (C=O) groups is 1. The maximum atomic E-state index is 12.5. The lowest BCUT2D eigenvalue weighted by atomic mass is 9.93. The van der Waals surface area contributed by atoms with Crippen molar-refractivity contribution in [3.05, 3.63) is 0 Å². The van der Waals surface area contributed by atoms with Crippen molar-refractivity contribution in [3.8, 4) is 0 Å². The predicted molar refractivity (Wildman–Crippen MR) is 85.1 cm³/mol. The molecule has 2 rings (SSSR count). The molecule has 1 amide bonds. The molecule has 2 atom stereocenters. The fraction of sp³-hybridized carbons (Fsp3) is 0.933. The van der Waals surface area contributed by atoms with Crippen molar-refractivity contribution in [2.75, 3.05) is 32.7 Å². The van der Waals surface area contributed by atoms with E-state index in [1.807, 2.05) is 0 Å². The fourth-order valence-electron chi connectivity index (χ4n) is 3.46. The highest BCUT2D eigenvalue weighted by Crippen LogP contribution is 2.22. The van der Waals surface area contributed by atoms with Crippen LogP contribution in [0.25, 0.3) is 0 Å². The minimum Gasteiger partial charge on any atom is -0.341 e. The zero-order valence-corrected chi connectivity index (χ0v) is 13.5. The van der Waals surface area contributed by atoms with Crippen molar-refractivity contribution >= 4 is 18.3 Å². The molecule has 2 heterocycles. The number of likely N-dealkylation sites (tertiary alicyclic amines) is 2. The van der Waals surface area contributed by atoms with Gasteiger partial charge < -0.3 is 10.6 Å². The Morgan fingerprint density at radius 2 is 1.90 bits per heavy atom. The Bertz CT molecular complexity index is 293. The van der Waals surface area contributed by atoms with Crippen molar-refractivity contribution in [3.63, 3.8) is 0 Å². The molecule has 2 fully saturated rings. The molecular weight excluding hydrogens is 274 g/mol. The van der Waals surface area contributed by atoms with Crippen LogP contribution in [0.4, 0.5) is 0 Å². The number of carbonyl (C=O) groups excluding carboxylic acids is 1. The lowest BCUT2D eigenvalue weighted by Crippen LogP contribution is -2.51. The van der Waals surface area contributed by atoms with Crippen LogP contribution in [0.2, 0.25) is 0 Å². The largest absolute Gasteiger partial charge is 0.341 e. The molecule has 0 bridgehead atoms. The number of hydrogen-bond donors (Lipinski definition) is 1. The van der Waals surface area contributed by atoms with Crippen molar-refractivity contribution in [1.29, 1.82) is 0 Å². The van der Waals surface area contributed by atoms with Crippen molar-refractivity contribution in [2.45, 2.75) is 51.5 Å². The van der Waals surface area contributed by atoms with Crippen LogP contribution in [0.5, 0.6) is 0 Å². The lowest BCUT2D eigenvalue weighted by molar-refractivity contribution is -0.138. The third-order valence-electron chi connectivity index (χ3n) is 4.70. The van der Waals surface area contributed by atoms with E-state index < -0.39 is 0 Å². The van der Waals surface area contributed by atoms with E-state index in [-0.39, 0.29) is 18.4 Å². The Morgan fingerprint density at radius 1 is 1.20 bits per heavy atom. The summed E-state index contributed by atoms with van der Waals surface area (Å²) in [6.45, 7) is 6.90. The number of halogens is 1. The van der Waals surface area contributed by atoms with E-state index >= 15 is 0 Å². The number of rotatable bonds is 4. The normalized spacial score (nSPS) is 25.9. The zero-order valence-electron chi connectivity index (χ0n) is 12.7. The smallest absolute Gasteiger partial charge is 0.239 e. The molecule has 0 saturated carbocycles. The molecule has 4 nitrogen and oxygen atoms in total. The zero-order chi connectivity index (χ0) is 13.7. The van der Waals surface area contributed by atoms with E-state index in [1.54, 1.807) is 0 Å². The quantitative estimate of drug-likeness (QED) is 0.862. The second kappa shape index (κ2) is 8.85. The molecule has 2 unspecified atom stereocenters. The SMILES string of the molecule is CC(C(=O)N1CCCCC1)N1CCCC(CCN)C1.Cl. The summed E-state index contributed by atoms with van der Waals surface area (Å²) < 4.78 is 0. The molecule has 2 saturated heterocycles. The van der Waals surface area contributed by atoms with Gasteiger partial charge in [-0.15, -0.1) is 12.4 Å². The van der Waals surface area contributed by atoms with E-state index in [9.17, 15) is 4.79 Å². The maximum Gasteiger partial charge on any atom is 0.239 e. The van der Waals surface area contributed by atoms with Crippen molar-refractivity contribution < 1.29 is 4.79 Å². The average Bonchev–Trinajstić information content (AvgIpc) is 2.47.